The zero-order valence-electron chi connectivity index (χ0n) is 14.1. The van der Waals surface area contributed by atoms with Crippen molar-refractivity contribution < 1.29 is 23.8 Å². The van der Waals surface area contributed by atoms with Crippen LogP contribution in [-0.2, 0) is 9.53 Å². The second-order valence-electron chi connectivity index (χ2n) is 5.83. The molecule has 0 bridgehead atoms. The van der Waals surface area contributed by atoms with E-state index in [-0.39, 0.29) is 23.1 Å². The van der Waals surface area contributed by atoms with Gasteiger partial charge in [-0.05, 0) is 30.9 Å². The number of methoxy groups -OCH3 is 2. The van der Waals surface area contributed by atoms with Gasteiger partial charge in [-0.3, -0.25) is 4.79 Å². The summed E-state index contributed by atoms with van der Waals surface area (Å²) >= 11 is 6.07. The van der Waals surface area contributed by atoms with Crippen LogP contribution in [0.25, 0.3) is 0 Å². The molecule has 0 unspecified atom stereocenters. The highest BCUT2D eigenvalue weighted by Gasteiger charge is 2.22. The predicted octanol–water partition coefficient (Wildman–Crippen LogP) is 2.77. The van der Waals surface area contributed by atoms with Crippen LogP contribution in [0.4, 0.5) is 0 Å². The molecule has 0 spiro atoms. The molecule has 1 saturated heterocycles. The maximum absolute atomic E-state index is 12.2. The van der Waals surface area contributed by atoms with Crippen molar-refractivity contribution in [3.63, 3.8) is 0 Å². The Balaban J connectivity index is 1.97. The number of nitrogens with zero attached hydrogens (tertiary/aromatic N) is 1. The van der Waals surface area contributed by atoms with Gasteiger partial charge in [0.05, 0.1) is 24.8 Å². The fourth-order valence-corrected chi connectivity index (χ4v) is 2.88. The van der Waals surface area contributed by atoms with Gasteiger partial charge in [-0.15, -0.1) is 0 Å². The average molecular weight is 356 g/mol. The number of hydrogen-bond donors (Lipinski definition) is 0. The van der Waals surface area contributed by atoms with Crippen molar-refractivity contribution in [1.82, 2.24) is 4.90 Å². The van der Waals surface area contributed by atoms with Gasteiger partial charge < -0.3 is 19.1 Å². The first-order valence-electron chi connectivity index (χ1n) is 7.82. The Hall–Kier alpha value is -1.95. The Labute approximate surface area is 146 Å². The molecule has 132 valence electrons. The number of ether oxygens (including phenoxy) is 3. The smallest absolute Gasteiger partial charge is 0.338 e. The molecule has 0 radical (unpaired) electrons. The van der Waals surface area contributed by atoms with Crippen LogP contribution in [0.3, 0.4) is 0 Å². The van der Waals surface area contributed by atoms with Gasteiger partial charge in [-0.1, -0.05) is 18.5 Å². The molecule has 0 atom stereocenters. The summed E-state index contributed by atoms with van der Waals surface area (Å²) in [5, 5.41) is 0.236. The summed E-state index contributed by atoms with van der Waals surface area (Å²) in [4.78, 5) is 26.0. The van der Waals surface area contributed by atoms with Crippen LogP contribution in [0.5, 0.6) is 11.5 Å². The van der Waals surface area contributed by atoms with Crippen LogP contribution in [0.15, 0.2) is 12.1 Å². The minimum Gasteiger partial charge on any atom is -0.493 e. The molecule has 1 aromatic carbocycles. The molecule has 6 nitrogen and oxygen atoms in total. The van der Waals surface area contributed by atoms with Crippen molar-refractivity contribution in [2.45, 2.75) is 19.8 Å². The van der Waals surface area contributed by atoms with E-state index in [0.717, 1.165) is 12.8 Å². The van der Waals surface area contributed by atoms with Crippen molar-refractivity contribution in [1.29, 1.82) is 0 Å². The van der Waals surface area contributed by atoms with Gasteiger partial charge in [0.1, 0.15) is 0 Å². The first-order chi connectivity index (χ1) is 11.5. The van der Waals surface area contributed by atoms with E-state index >= 15 is 0 Å². The second kappa shape index (κ2) is 8.24. The lowest BCUT2D eigenvalue weighted by atomic mass is 9.99. The van der Waals surface area contributed by atoms with E-state index in [1.54, 1.807) is 4.90 Å². The third-order valence-electron chi connectivity index (χ3n) is 4.13. The number of piperidine rings is 1. The third-order valence-corrected chi connectivity index (χ3v) is 4.41. The summed E-state index contributed by atoms with van der Waals surface area (Å²) in [6.45, 7) is 3.31. The largest absolute Gasteiger partial charge is 0.493 e. The van der Waals surface area contributed by atoms with Gasteiger partial charge >= 0.3 is 5.97 Å². The number of hydrogen-bond acceptors (Lipinski definition) is 5. The third kappa shape index (κ3) is 4.32. The molecule has 1 aliphatic rings. The Kier molecular flexibility index (Phi) is 6.31. The topological polar surface area (TPSA) is 65.1 Å². The first kappa shape index (κ1) is 18.4. The molecular formula is C17H22ClNO5. The second-order valence-corrected chi connectivity index (χ2v) is 6.24. The summed E-state index contributed by atoms with van der Waals surface area (Å²) in [6, 6.07) is 2.90. The quantitative estimate of drug-likeness (QED) is 0.760. The fourth-order valence-electron chi connectivity index (χ4n) is 2.60. The zero-order valence-corrected chi connectivity index (χ0v) is 14.9. The summed E-state index contributed by atoms with van der Waals surface area (Å²) < 4.78 is 15.4. The molecule has 0 saturated carbocycles. The van der Waals surface area contributed by atoms with E-state index in [4.69, 9.17) is 25.8 Å². The molecule has 0 aliphatic carbocycles. The van der Waals surface area contributed by atoms with Crippen LogP contribution in [0.1, 0.15) is 30.1 Å². The van der Waals surface area contributed by atoms with Crippen LogP contribution in [-0.4, -0.2) is 50.7 Å². The van der Waals surface area contributed by atoms with E-state index in [1.807, 2.05) is 0 Å². The Morgan fingerprint density at radius 1 is 1.21 bits per heavy atom. The number of esters is 1. The maximum Gasteiger partial charge on any atom is 0.338 e. The van der Waals surface area contributed by atoms with E-state index in [0.29, 0.717) is 30.5 Å². The molecule has 1 heterocycles. The minimum atomic E-state index is -0.628. The maximum atomic E-state index is 12.2. The highest BCUT2D eigenvalue weighted by atomic mass is 35.5. The van der Waals surface area contributed by atoms with Crippen molar-refractivity contribution in [3.8, 4) is 11.5 Å². The number of carbonyl (C=O) groups excluding carboxylic acids is 2. The molecule has 2 rings (SSSR count). The molecule has 1 aliphatic heterocycles. The monoisotopic (exact) mass is 355 g/mol. The highest BCUT2D eigenvalue weighted by molar-refractivity contribution is 6.32. The van der Waals surface area contributed by atoms with E-state index in [2.05, 4.69) is 6.92 Å². The molecule has 1 amide bonds. The number of amides is 1. The summed E-state index contributed by atoms with van der Waals surface area (Å²) in [5.41, 5.74) is 0.206. The fraction of sp³-hybridized carbons (Fsp3) is 0.529. The molecule has 1 fully saturated rings. The van der Waals surface area contributed by atoms with Crippen LogP contribution in [0.2, 0.25) is 5.02 Å². The lowest BCUT2D eigenvalue weighted by Gasteiger charge is -2.30. The Morgan fingerprint density at radius 2 is 1.88 bits per heavy atom. The van der Waals surface area contributed by atoms with Gasteiger partial charge in [0, 0.05) is 13.1 Å². The van der Waals surface area contributed by atoms with E-state index < -0.39 is 5.97 Å². The standard InChI is InChI=1S/C17H22ClNO5/c1-11-4-6-19(7-5-11)15(20)10-24-17(21)12-8-13(18)16(23-3)14(9-12)22-2/h8-9,11H,4-7,10H2,1-3H3. The number of likely N-dealkylation sites (tertiary alicyclic amines) is 1. The molecule has 0 N–H and O–H groups in total. The lowest BCUT2D eigenvalue weighted by molar-refractivity contribution is -0.135. The predicted molar refractivity (Wildman–Crippen MR) is 89.8 cm³/mol. The van der Waals surface area contributed by atoms with Crippen molar-refractivity contribution >= 4 is 23.5 Å². The van der Waals surface area contributed by atoms with Gasteiger partial charge in [0.2, 0.25) is 0 Å². The lowest BCUT2D eigenvalue weighted by Crippen LogP contribution is -2.40. The molecule has 0 aromatic heterocycles. The van der Waals surface area contributed by atoms with Crippen molar-refractivity contribution in [2.24, 2.45) is 5.92 Å². The summed E-state index contributed by atoms with van der Waals surface area (Å²) in [7, 11) is 2.91. The van der Waals surface area contributed by atoms with Gasteiger partial charge in [-0.25, -0.2) is 4.79 Å². The highest BCUT2D eigenvalue weighted by Crippen LogP contribution is 2.36. The van der Waals surface area contributed by atoms with Crippen LogP contribution in [0, 0.1) is 5.92 Å². The Morgan fingerprint density at radius 3 is 2.46 bits per heavy atom. The molecule has 7 heteroatoms. The average Bonchev–Trinajstić information content (AvgIpc) is 2.59. The zero-order chi connectivity index (χ0) is 17.7. The SMILES string of the molecule is COc1cc(C(=O)OCC(=O)N2CCC(C)CC2)cc(Cl)c1OC. The number of halogens is 1. The molecular weight excluding hydrogens is 334 g/mol. The van der Waals surface area contributed by atoms with Gasteiger partial charge in [0.25, 0.3) is 5.91 Å². The number of carbonyl (C=O) groups is 2. The van der Waals surface area contributed by atoms with E-state index in [9.17, 15) is 9.59 Å². The summed E-state index contributed by atoms with van der Waals surface area (Å²) in [6.07, 6.45) is 1.95. The first-order valence-corrected chi connectivity index (χ1v) is 8.20. The summed E-state index contributed by atoms with van der Waals surface area (Å²) in [5.74, 6) is 0.492. The minimum absolute atomic E-state index is 0.179. The van der Waals surface area contributed by atoms with Gasteiger partial charge in [-0.2, -0.15) is 0 Å². The number of rotatable bonds is 5. The Bertz CT molecular complexity index is 611. The van der Waals surface area contributed by atoms with E-state index in [1.165, 1.54) is 26.4 Å². The van der Waals surface area contributed by atoms with Crippen LogP contribution >= 0.6 is 11.6 Å². The van der Waals surface area contributed by atoms with Gasteiger partial charge in [0.15, 0.2) is 18.1 Å². The molecule has 1 aromatic rings. The normalized spacial score (nSPS) is 15.1. The van der Waals surface area contributed by atoms with Crippen molar-refractivity contribution in [2.75, 3.05) is 33.9 Å². The van der Waals surface area contributed by atoms with Crippen molar-refractivity contribution in [3.05, 3.63) is 22.7 Å². The molecule has 24 heavy (non-hydrogen) atoms. The van der Waals surface area contributed by atoms with Crippen LogP contribution < -0.4 is 9.47 Å². The number of benzene rings is 1.